The number of aryl methyl sites for hydroxylation is 1. The zero-order chi connectivity index (χ0) is 15.5. The largest absolute Gasteiger partial charge is 0.481 e. The van der Waals surface area contributed by atoms with Gasteiger partial charge in [0.05, 0.1) is 16.4 Å². The van der Waals surface area contributed by atoms with Crippen LogP contribution < -0.4 is 9.88 Å². The van der Waals surface area contributed by atoms with Crippen LogP contribution >= 0.6 is 0 Å². The Kier molecular flexibility index (Phi) is 5.03. The smallest absolute Gasteiger partial charge is 0.312 e. The van der Waals surface area contributed by atoms with Gasteiger partial charge in [0.25, 0.3) is 0 Å². The SMILES string of the molecule is COCC(C)Oc1cc(C)c(S(N)(=O)=O)cc1[N+](=O)[O-]. The van der Waals surface area contributed by atoms with Crippen molar-refractivity contribution in [2.75, 3.05) is 13.7 Å². The van der Waals surface area contributed by atoms with Crippen molar-refractivity contribution in [2.24, 2.45) is 5.14 Å². The Labute approximate surface area is 116 Å². The highest BCUT2D eigenvalue weighted by molar-refractivity contribution is 7.89. The van der Waals surface area contributed by atoms with Gasteiger partial charge in [0.2, 0.25) is 10.0 Å². The summed E-state index contributed by atoms with van der Waals surface area (Å²) in [7, 11) is -2.55. The fraction of sp³-hybridized carbons (Fsp3) is 0.455. The molecule has 0 aliphatic heterocycles. The van der Waals surface area contributed by atoms with Crippen LogP contribution in [-0.4, -0.2) is 33.2 Å². The molecule has 1 unspecified atom stereocenters. The first-order chi connectivity index (χ1) is 9.16. The summed E-state index contributed by atoms with van der Waals surface area (Å²) in [6, 6.07) is 2.18. The normalized spacial score (nSPS) is 13.0. The number of ether oxygens (including phenoxy) is 2. The Morgan fingerprint density at radius 3 is 2.50 bits per heavy atom. The molecule has 0 aromatic heterocycles. The second kappa shape index (κ2) is 6.16. The van der Waals surface area contributed by atoms with E-state index in [1.165, 1.54) is 20.1 Å². The van der Waals surface area contributed by atoms with Crippen molar-refractivity contribution >= 4 is 15.7 Å². The monoisotopic (exact) mass is 304 g/mol. The summed E-state index contributed by atoms with van der Waals surface area (Å²) in [4.78, 5) is 10.00. The summed E-state index contributed by atoms with van der Waals surface area (Å²) < 4.78 is 33.0. The molecule has 0 saturated carbocycles. The van der Waals surface area contributed by atoms with Crippen molar-refractivity contribution in [1.82, 2.24) is 0 Å². The third-order valence-electron chi connectivity index (χ3n) is 2.49. The van der Waals surface area contributed by atoms with E-state index < -0.39 is 26.7 Å². The van der Waals surface area contributed by atoms with Crippen LogP contribution in [0, 0.1) is 17.0 Å². The minimum atomic E-state index is -4.03. The van der Waals surface area contributed by atoms with Crippen LogP contribution in [0.4, 0.5) is 5.69 Å². The fourth-order valence-electron chi connectivity index (χ4n) is 1.68. The summed E-state index contributed by atoms with van der Waals surface area (Å²) in [6.07, 6.45) is -0.418. The van der Waals surface area contributed by atoms with Crippen molar-refractivity contribution in [3.8, 4) is 5.75 Å². The zero-order valence-electron chi connectivity index (χ0n) is 11.3. The van der Waals surface area contributed by atoms with E-state index in [0.717, 1.165) is 6.07 Å². The highest BCUT2D eigenvalue weighted by Crippen LogP contribution is 2.32. The van der Waals surface area contributed by atoms with Crippen molar-refractivity contribution in [3.63, 3.8) is 0 Å². The second-order valence-corrected chi connectivity index (χ2v) is 5.80. The molecule has 2 N–H and O–H groups in total. The molecule has 1 rings (SSSR count). The second-order valence-electron chi connectivity index (χ2n) is 4.27. The Morgan fingerprint density at radius 2 is 2.05 bits per heavy atom. The van der Waals surface area contributed by atoms with Crippen LogP contribution in [0.5, 0.6) is 5.75 Å². The van der Waals surface area contributed by atoms with Gasteiger partial charge in [-0.2, -0.15) is 0 Å². The van der Waals surface area contributed by atoms with Gasteiger partial charge in [-0.15, -0.1) is 0 Å². The minimum absolute atomic E-state index is 0.0237. The van der Waals surface area contributed by atoms with Crippen LogP contribution in [-0.2, 0) is 14.8 Å². The van der Waals surface area contributed by atoms with Crippen molar-refractivity contribution in [1.29, 1.82) is 0 Å². The maximum atomic E-state index is 11.4. The number of hydrogen-bond acceptors (Lipinski definition) is 6. The number of nitrogens with zero attached hydrogens (tertiary/aromatic N) is 1. The molecule has 1 aromatic carbocycles. The molecule has 0 aliphatic carbocycles. The summed E-state index contributed by atoms with van der Waals surface area (Å²) in [5, 5.41) is 16.0. The van der Waals surface area contributed by atoms with E-state index in [-0.39, 0.29) is 22.8 Å². The van der Waals surface area contributed by atoms with Gasteiger partial charge in [0.15, 0.2) is 5.75 Å². The van der Waals surface area contributed by atoms with Gasteiger partial charge in [-0.3, -0.25) is 10.1 Å². The highest BCUT2D eigenvalue weighted by Gasteiger charge is 2.24. The third-order valence-corrected chi connectivity index (χ3v) is 3.54. The fourth-order valence-corrected chi connectivity index (χ4v) is 2.46. The Morgan fingerprint density at radius 1 is 1.45 bits per heavy atom. The van der Waals surface area contributed by atoms with Crippen LogP contribution in [0.1, 0.15) is 12.5 Å². The lowest BCUT2D eigenvalue weighted by molar-refractivity contribution is -0.386. The quantitative estimate of drug-likeness (QED) is 0.617. The molecule has 0 aliphatic rings. The molecule has 1 atom stereocenters. The van der Waals surface area contributed by atoms with Crippen LogP contribution in [0.15, 0.2) is 17.0 Å². The first-order valence-corrected chi connectivity index (χ1v) is 7.19. The first kappa shape index (κ1) is 16.3. The Bertz CT molecular complexity index is 614. The van der Waals surface area contributed by atoms with E-state index in [1.54, 1.807) is 6.92 Å². The minimum Gasteiger partial charge on any atom is -0.481 e. The molecule has 1 aromatic rings. The summed E-state index contributed by atoms with van der Waals surface area (Å²) >= 11 is 0. The lowest BCUT2D eigenvalue weighted by Gasteiger charge is -2.15. The lowest BCUT2D eigenvalue weighted by atomic mass is 10.2. The summed E-state index contributed by atoms with van der Waals surface area (Å²) in [6.45, 7) is 3.40. The molecule has 0 saturated heterocycles. The Balaban J connectivity index is 3.32. The van der Waals surface area contributed by atoms with Gasteiger partial charge in [0.1, 0.15) is 6.10 Å². The van der Waals surface area contributed by atoms with Gasteiger partial charge in [-0.05, 0) is 25.5 Å². The molecule has 20 heavy (non-hydrogen) atoms. The van der Waals surface area contributed by atoms with Crippen LogP contribution in [0.3, 0.4) is 0 Å². The van der Waals surface area contributed by atoms with Gasteiger partial charge < -0.3 is 9.47 Å². The molecule has 0 heterocycles. The zero-order valence-corrected chi connectivity index (χ0v) is 12.1. The van der Waals surface area contributed by atoms with Gasteiger partial charge in [-0.1, -0.05) is 0 Å². The highest BCUT2D eigenvalue weighted by atomic mass is 32.2. The van der Waals surface area contributed by atoms with E-state index >= 15 is 0 Å². The molecule has 0 bridgehead atoms. The number of rotatable bonds is 6. The topological polar surface area (TPSA) is 122 Å². The van der Waals surface area contributed by atoms with Gasteiger partial charge in [0, 0.05) is 13.2 Å². The molecule has 0 amide bonds. The van der Waals surface area contributed by atoms with E-state index in [9.17, 15) is 18.5 Å². The first-order valence-electron chi connectivity index (χ1n) is 5.64. The number of nitro benzene ring substituents is 1. The number of nitro groups is 1. The standard InChI is InChI=1S/C11H16N2O6S/c1-7-4-10(19-8(2)6-18-3)9(13(14)15)5-11(7)20(12,16)17/h4-5,8H,6H2,1-3H3,(H2,12,16,17). The summed E-state index contributed by atoms with van der Waals surface area (Å²) in [5.41, 5.74) is -0.180. The maximum absolute atomic E-state index is 11.4. The number of hydrogen-bond donors (Lipinski definition) is 1. The van der Waals surface area contributed by atoms with Crippen molar-refractivity contribution < 1.29 is 22.8 Å². The third kappa shape index (κ3) is 3.89. The molecule has 0 spiro atoms. The van der Waals surface area contributed by atoms with E-state index in [4.69, 9.17) is 14.6 Å². The average molecular weight is 304 g/mol. The predicted octanol–water partition coefficient (Wildman–Crippen LogP) is 0.964. The molecule has 112 valence electrons. The maximum Gasteiger partial charge on any atom is 0.312 e. The number of primary sulfonamides is 1. The molecule has 0 radical (unpaired) electrons. The number of benzene rings is 1. The number of nitrogens with two attached hydrogens (primary N) is 1. The lowest BCUT2D eigenvalue weighted by Crippen LogP contribution is -2.19. The Hall–Kier alpha value is -1.71. The summed E-state index contributed by atoms with van der Waals surface area (Å²) in [5.74, 6) is -0.0237. The molecule has 9 heteroatoms. The van der Waals surface area contributed by atoms with E-state index in [1.807, 2.05) is 0 Å². The van der Waals surface area contributed by atoms with Gasteiger partial charge in [-0.25, -0.2) is 13.6 Å². The van der Waals surface area contributed by atoms with Gasteiger partial charge >= 0.3 is 5.69 Å². The van der Waals surface area contributed by atoms with Crippen molar-refractivity contribution in [2.45, 2.75) is 24.8 Å². The molecular weight excluding hydrogens is 288 g/mol. The van der Waals surface area contributed by atoms with Crippen LogP contribution in [0.25, 0.3) is 0 Å². The van der Waals surface area contributed by atoms with E-state index in [0.29, 0.717) is 0 Å². The van der Waals surface area contributed by atoms with Crippen LogP contribution in [0.2, 0.25) is 0 Å². The molecular formula is C11H16N2O6S. The predicted molar refractivity (Wildman–Crippen MR) is 71.2 cm³/mol. The van der Waals surface area contributed by atoms with E-state index in [2.05, 4.69) is 0 Å². The average Bonchev–Trinajstić information content (AvgIpc) is 2.26. The number of sulfonamides is 1. The number of methoxy groups -OCH3 is 1. The van der Waals surface area contributed by atoms with Crippen molar-refractivity contribution in [3.05, 3.63) is 27.8 Å². The molecule has 0 fully saturated rings. The molecule has 8 nitrogen and oxygen atoms in total.